The molecule has 1 fully saturated rings. The van der Waals surface area contributed by atoms with Gasteiger partial charge in [0.15, 0.2) is 0 Å². The zero-order chi connectivity index (χ0) is 12.3. The van der Waals surface area contributed by atoms with Gasteiger partial charge in [0, 0.05) is 12.4 Å². The van der Waals surface area contributed by atoms with Crippen molar-refractivity contribution in [2.24, 2.45) is 11.8 Å². The molecule has 0 aliphatic heterocycles. The van der Waals surface area contributed by atoms with Gasteiger partial charge in [0.1, 0.15) is 5.69 Å². The van der Waals surface area contributed by atoms with Crippen molar-refractivity contribution in [3.05, 3.63) is 18.1 Å². The van der Waals surface area contributed by atoms with E-state index in [1.165, 1.54) is 6.42 Å². The number of ether oxygens (including phenoxy) is 1. The predicted octanol–water partition coefficient (Wildman–Crippen LogP) is 2.18. The van der Waals surface area contributed by atoms with E-state index in [9.17, 15) is 0 Å². The average molecular weight is 235 g/mol. The van der Waals surface area contributed by atoms with Crippen LogP contribution in [0.5, 0.6) is 5.88 Å². The minimum atomic E-state index is 0.286. The van der Waals surface area contributed by atoms with E-state index in [0.29, 0.717) is 11.8 Å². The number of methoxy groups -OCH3 is 1. The van der Waals surface area contributed by atoms with Gasteiger partial charge in [0.05, 0.1) is 13.2 Å². The molecule has 1 aliphatic carbocycles. The van der Waals surface area contributed by atoms with Crippen LogP contribution in [-0.2, 0) is 0 Å². The smallest absolute Gasteiger partial charge is 0.237 e. The molecule has 0 aromatic carbocycles. The molecule has 3 unspecified atom stereocenters. The van der Waals surface area contributed by atoms with Crippen LogP contribution in [0.3, 0.4) is 0 Å². The van der Waals surface area contributed by atoms with Gasteiger partial charge in [0.2, 0.25) is 5.88 Å². The molecule has 1 aromatic heterocycles. The van der Waals surface area contributed by atoms with Gasteiger partial charge in [-0.3, -0.25) is 4.98 Å². The van der Waals surface area contributed by atoms with Crippen LogP contribution in [0.2, 0.25) is 0 Å². The third-order valence-electron chi connectivity index (χ3n) is 3.39. The summed E-state index contributed by atoms with van der Waals surface area (Å²) >= 11 is 0. The number of hydrogen-bond acceptors (Lipinski definition) is 4. The largest absolute Gasteiger partial charge is 0.480 e. The van der Waals surface area contributed by atoms with Gasteiger partial charge in [-0.25, -0.2) is 4.98 Å². The lowest BCUT2D eigenvalue weighted by atomic mass is 10.1. The predicted molar refractivity (Wildman–Crippen MR) is 66.9 cm³/mol. The molecule has 0 bridgehead atoms. The van der Waals surface area contributed by atoms with Crippen LogP contribution in [0.25, 0.3) is 0 Å². The van der Waals surface area contributed by atoms with E-state index in [0.717, 1.165) is 24.6 Å². The Morgan fingerprint density at radius 2 is 2.18 bits per heavy atom. The minimum absolute atomic E-state index is 0.286. The van der Waals surface area contributed by atoms with Crippen LogP contribution in [-0.4, -0.2) is 23.6 Å². The van der Waals surface area contributed by atoms with E-state index in [4.69, 9.17) is 4.74 Å². The summed E-state index contributed by atoms with van der Waals surface area (Å²) in [5.74, 6) is 2.10. The number of aromatic nitrogens is 2. The Hall–Kier alpha value is -1.16. The maximum absolute atomic E-state index is 5.31. The summed E-state index contributed by atoms with van der Waals surface area (Å²) < 4.78 is 5.31. The first kappa shape index (κ1) is 12.3. The van der Waals surface area contributed by atoms with Crippen molar-refractivity contribution in [3.63, 3.8) is 0 Å². The third-order valence-corrected chi connectivity index (χ3v) is 3.39. The molecule has 1 aromatic rings. The topological polar surface area (TPSA) is 47.0 Å². The van der Waals surface area contributed by atoms with Crippen molar-refractivity contribution in [2.75, 3.05) is 13.7 Å². The normalized spacial score (nSPS) is 24.4. The molecule has 1 heterocycles. The highest BCUT2D eigenvalue weighted by molar-refractivity contribution is 5.23. The fraction of sp³-hybridized carbons (Fsp3) is 0.692. The second-order valence-corrected chi connectivity index (χ2v) is 4.76. The summed E-state index contributed by atoms with van der Waals surface area (Å²) in [6.45, 7) is 5.47. The molecule has 0 saturated heterocycles. The Morgan fingerprint density at radius 1 is 1.47 bits per heavy atom. The molecule has 4 nitrogen and oxygen atoms in total. The summed E-state index contributed by atoms with van der Waals surface area (Å²) in [5, 5.41) is 3.57. The molecule has 0 amide bonds. The summed E-state index contributed by atoms with van der Waals surface area (Å²) in [4.78, 5) is 8.69. The van der Waals surface area contributed by atoms with Crippen molar-refractivity contribution in [2.45, 2.75) is 32.7 Å². The quantitative estimate of drug-likeness (QED) is 0.821. The zero-order valence-corrected chi connectivity index (χ0v) is 10.8. The molecule has 1 saturated carbocycles. The van der Waals surface area contributed by atoms with Crippen molar-refractivity contribution >= 4 is 0 Å². The van der Waals surface area contributed by atoms with E-state index < -0.39 is 0 Å². The van der Waals surface area contributed by atoms with E-state index in [2.05, 4.69) is 29.1 Å². The summed E-state index contributed by atoms with van der Waals surface area (Å²) in [5.41, 5.74) is 0.956. The first-order valence-electron chi connectivity index (χ1n) is 6.36. The monoisotopic (exact) mass is 235 g/mol. The highest BCUT2D eigenvalue weighted by Crippen LogP contribution is 2.47. The zero-order valence-electron chi connectivity index (χ0n) is 10.8. The number of nitrogens with one attached hydrogen (secondary N) is 1. The molecule has 4 heteroatoms. The van der Waals surface area contributed by atoms with Crippen LogP contribution in [0.4, 0.5) is 0 Å². The third kappa shape index (κ3) is 2.75. The van der Waals surface area contributed by atoms with Gasteiger partial charge < -0.3 is 10.1 Å². The van der Waals surface area contributed by atoms with Crippen LogP contribution in [0.15, 0.2) is 12.4 Å². The van der Waals surface area contributed by atoms with Crippen LogP contribution < -0.4 is 10.1 Å². The second kappa shape index (κ2) is 5.45. The fourth-order valence-corrected chi connectivity index (χ4v) is 2.27. The number of nitrogens with zero attached hydrogens (tertiary/aromatic N) is 2. The van der Waals surface area contributed by atoms with E-state index in [1.807, 2.05) is 0 Å². The Labute approximate surface area is 103 Å². The lowest BCUT2D eigenvalue weighted by Gasteiger charge is -2.19. The van der Waals surface area contributed by atoms with Gasteiger partial charge in [0.25, 0.3) is 0 Å². The Kier molecular flexibility index (Phi) is 3.94. The molecule has 0 spiro atoms. The Balaban J connectivity index is 2.18. The van der Waals surface area contributed by atoms with Crippen molar-refractivity contribution in [3.8, 4) is 5.88 Å². The Morgan fingerprint density at radius 3 is 2.76 bits per heavy atom. The van der Waals surface area contributed by atoms with Crippen molar-refractivity contribution < 1.29 is 4.74 Å². The summed E-state index contributed by atoms with van der Waals surface area (Å²) in [6, 6.07) is 0.286. The highest BCUT2D eigenvalue weighted by atomic mass is 16.5. The molecule has 1 aliphatic rings. The van der Waals surface area contributed by atoms with E-state index >= 15 is 0 Å². The van der Waals surface area contributed by atoms with Crippen LogP contribution in [0.1, 0.15) is 38.4 Å². The first-order valence-corrected chi connectivity index (χ1v) is 6.36. The molecular weight excluding hydrogens is 214 g/mol. The van der Waals surface area contributed by atoms with Gasteiger partial charge >= 0.3 is 0 Å². The van der Waals surface area contributed by atoms with Crippen LogP contribution >= 0.6 is 0 Å². The standard InChI is InChI=1S/C13H21N3O/c1-4-5-14-11(10-8-9(10)2)12-13(17-3)16-7-6-15-12/h6-7,9-11,14H,4-5,8H2,1-3H3. The highest BCUT2D eigenvalue weighted by Gasteiger charge is 2.41. The second-order valence-electron chi connectivity index (χ2n) is 4.76. The number of rotatable bonds is 6. The van der Waals surface area contributed by atoms with Gasteiger partial charge in [-0.1, -0.05) is 13.8 Å². The first-order chi connectivity index (χ1) is 8.27. The van der Waals surface area contributed by atoms with Gasteiger partial charge in [-0.2, -0.15) is 0 Å². The lowest BCUT2D eigenvalue weighted by molar-refractivity contribution is 0.366. The minimum Gasteiger partial charge on any atom is -0.480 e. The summed E-state index contributed by atoms with van der Waals surface area (Å²) in [7, 11) is 1.65. The van der Waals surface area contributed by atoms with Crippen molar-refractivity contribution in [1.29, 1.82) is 0 Å². The lowest BCUT2D eigenvalue weighted by Crippen LogP contribution is -2.26. The Bertz CT molecular complexity index is 369. The maximum atomic E-state index is 5.31. The molecule has 3 atom stereocenters. The van der Waals surface area contributed by atoms with E-state index in [1.54, 1.807) is 19.5 Å². The molecule has 0 radical (unpaired) electrons. The molecule has 1 N–H and O–H groups in total. The van der Waals surface area contributed by atoms with E-state index in [-0.39, 0.29) is 6.04 Å². The number of hydrogen-bond donors (Lipinski definition) is 1. The maximum Gasteiger partial charge on any atom is 0.237 e. The fourth-order valence-electron chi connectivity index (χ4n) is 2.27. The molecule has 17 heavy (non-hydrogen) atoms. The molecule has 94 valence electrons. The average Bonchev–Trinajstić information content (AvgIpc) is 3.07. The van der Waals surface area contributed by atoms with Crippen molar-refractivity contribution in [1.82, 2.24) is 15.3 Å². The van der Waals surface area contributed by atoms with Gasteiger partial charge in [-0.15, -0.1) is 0 Å². The summed E-state index contributed by atoms with van der Waals surface area (Å²) in [6.07, 6.45) is 5.81. The SMILES string of the molecule is CCCNC(c1nccnc1OC)C1CC1C. The molecule has 2 rings (SSSR count). The van der Waals surface area contributed by atoms with Gasteiger partial charge in [-0.05, 0) is 31.2 Å². The van der Waals surface area contributed by atoms with Crippen LogP contribution in [0, 0.1) is 11.8 Å². The molecular formula is C13H21N3O.